The fraction of sp³-hybridized carbons (Fsp3) is 0.417. The van der Waals surface area contributed by atoms with E-state index in [-0.39, 0.29) is 5.92 Å². The van der Waals surface area contributed by atoms with Crippen LogP contribution in [0, 0.1) is 17.2 Å². The normalized spacial score (nSPS) is 17.2. The van der Waals surface area contributed by atoms with Crippen molar-refractivity contribution in [1.82, 2.24) is 0 Å². The number of hydrogen-bond acceptors (Lipinski definition) is 2. The number of rotatable bonds is 1. The third-order valence-corrected chi connectivity index (χ3v) is 3.54. The molecule has 1 saturated heterocycles. The fourth-order valence-electron chi connectivity index (χ4n) is 2.02. The van der Waals surface area contributed by atoms with Crippen LogP contribution in [-0.2, 0) is 0 Å². The van der Waals surface area contributed by atoms with Gasteiger partial charge in [0.2, 0.25) is 0 Å². The van der Waals surface area contributed by atoms with E-state index < -0.39 is 0 Å². The standard InChI is InChI=1S/C12H12Cl2N2/c13-10-2-1-3-11(14)12(10)16-6-4-9(8-15)5-7-16/h1-3,9H,4-7H2. The summed E-state index contributed by atoms with van der Waals surface area (Å²) in [4.78, 5) is 2.17. The minimum absolute atomic E-state index is 0.178. The number of halogens is 2. The van der Waals surface area contributed by atoms with Crippen molar-refractivity contribution in [1.29, 1.82) is 5.26 Å². The van der Waals surface area contributed by atoms with E-state index in [1.807, 2.05) is 18.2 Å². The van der Waals surface area contributed by atoms with Crippen LogP contribution in [-0.4, -0.2) is 13.1 Å². The van der Waals surface area contributed by atoms with Gasteiger partial charge in [0.15, 0.2) is 0 Å². The molecule has 0 N–H and O–H groups in total. The van der Waals surface area contributed by atoms with Gasteiger partial charge in [0.25, 0.3) is 0 Å². The number of nitrogens with zero attached hydrogens (tertiary/aromatic N) is 2. The molecule has 0 amide bonds. The zero-order chi connectivity index (χ0) is 11.5. The summed E-state index contributed by atoms with van der Waals surface area (Å²) in [7, 11) is 0. The maximum atomic E-state index is 8.84. The van der Waals surface area contributed by atoms with E-state index in [0.717, 1.165) is 31.6 Å². The van der Waals surface area contributed by atoms with Crippen LogP contribution in [0.2, 0.25) is 10.0 Å². The zero-order valence-electron chi connectivity index (χ0n) is 8.79. The third-order valence-electron chi connectivity index (χ3n) is 2.93. The average molecular weight is 255 g/mol. The first kappa shape index (κ1) is 11.6. The molecule has 0 spiro atoms. The van der Waals surface area contributed by atoms with E-state index in [2.05, 4.69) is 11.0 Å². The molecule has 2 rings (SSSR count). The molecule has 0 atom stereocenters. The summed E-state index contributed by atoms with van der Waals surface area (Å²) >= 11 is 12.3. The lowest BCUT2D eigenvalue weighted by Gasteiger charge is -2.32. The highest BCUT2D eigenvalue weighted by atomic mass is 35.5. The van der Waals surface area contributed by atoms with Gasteiger partial charge in [-0.3, -0.25) is 0 Å². The molecule has 0 saturated carbocycles. The van der Waals surface area contributed by atoms with Gasteiger partial charge in [0.05, 0.1) is 21.8 Å². The molecule has 16 heavy (non-hydrogen) atoms. The molecule has 0 bridgehead atoms. The Morgan fingerprint density at radius 2 is 1.75 bits per heavy atom. The topological polar surface area (TPSA) is 27.0 Å². The number of benzene rings is 1. The van der Waals surface area contributed by atoms with Gasteiger partial charge in [-0.1, -0.05) is 29.3 Å². The van der Waals surface area contributed by atoms with Crippen LogP contribution in [0.1, 0.15) is 12.8 Å². The molecule has 2 nitrogen and oxygen atoms in total. The van der Waals surface area contributed by atoms with Crippen LogP contribution >= 0.6 is 23.2 Å². The van der Waals surface area contributed by atoms with Crippen LogP contribution in [0.5, 0.6) is 0 Å². The van der Waals surface area contributed by atoms with Crippen molar-refractivity contribution in [2.75, 3.05) is 18.0 Å². The van der Waals surface area contributed by atoms with E-state index in [0.29, 0.717) is 10.0 Å². The van der Waals surface area contributed by atoms with Gasteiger partial charge in [-0.2, -0.15) is 5.26 Å². The molecular weight excluding hydrogens is 243 g/mol. The molecule has 0 unspecified atom stereocenters. The van der Waals surface area contributed by atoms with E-state index in [9.17, 15) is 0 Å². The van der Waals surface area contributed by atoms with Crippen molar-refractivity contribution in [3.63, 3.8) is 0 Å². The molecule has 1 aliphatic rings. The Morgan fingerprint density at radius 1 is 1.19 bits per heavy atom. The lowest BCUT2D eigenvalue weighted by Crippen LogP contribution is -2.33. The second kappa shape index (κ2) is 4.95. The molecule has 0 aromatic heterocycles. The smallest absolute Gasteiger partial charge is 0.0744 e. The Hall–Kier alpha value is -0.910. The number of nitriles is 1. The number of para-hydroxylation sites is 1. The Balaban J connectivity index is 2.18. The number of piperidine rings is 1. The second-order valence-electron chi connectivity index (χ2n) is 3.96. The van der Waals surface area contributed by atoms with Crippen molar-refractivity contribution in [2.24, 2.45) is 5.92 Å². The number of anilines is 1. The van der Waals surface area contributed by atoms with Gasteiger partial charge in [-0.05, 0) is 25.0 Å². The average Bonchev–Trinajstić information content (AvgIpc) is 2.30. The molecule has 4 heteroatoms. The summed E-state index contributed by atoms with van der Waals surface area (Å²) in [6.45, 7) is 1.70. The zero-order valence-corrected chi connectivity index (χ0v) is 10.3. The highest BCUT2D eigenvalue weighted by Crippen LogP contribution is 2.35. The van der Waals surface area contributed by atoms with E-state index in [4.69, 9.17) is 28.5 Å². The second-order valence-corrected chi connectivity index (χ2v) is 4.78. The van der Waals surface area contributed by atoms with Crippen molar-refractivity contribution >= 4 is 28.9 Å². The first-order valence-corrected chi connectivity index (χ1v) is 6.06. The molecule has 1 fully saturated rings. The Bertz CT molecular complexity index is 397. The maximum Gasteiger partial charge on any atom is 0.0744 e. The van der Waals surface area contributed by atoms with Crippen molar-refractivity contribution < 1.29 is 0 Å². The molecule has 1 aromatic rings. The van der Waals surface area contributed by atoms with Gasteiger partial charge in [0, 0.05) is 19.0 Å². The first-order chi connectivity index (χ1) is 7.72. The van der Waals surface area contributed by atoms with Crippen molar-refractivity contribution in [3.8, 4) is 6.07 Å². The molecule has 1 aromatic carbocycles. The molecule has 84 valence electrons. The monoisotopic (exact) mass is 254 g/mol. The van der Waals surface area contributed by atoms with Crippen LogP contribution in [0.15, 0.2) is 18.2 Å². The van der Waals surface area contributed by atoms with Gasteiger partial charge in [-0.15, -0.1) is 0 Å². The highest BCUT2D eigenvalue weighted by molar-refractivity contribution is 6.39. The molecule has 0 aliphatic carbocycles. The highest BCUT2D eigenvalue weighted by Gasteiger charge is 2.21. The molecule has 1 heterocycles. The van der Waals surface area contributed by atoms with Gasteiger partial charge in [-0.25, -0.2) is 0 Å². The predicted molar refractivity (Wildman–Crippen MR) is 67.0 cm³/mol. The quantitative estimate of drug-likeness (QED) is 0.764. The first-order valence-electron chi connectivity index (χ1n) is 5.31. The molecule has 0 radical (unpaired) electrons. The maximum absolute atomic E-state index is 8.84. The minimum Gasteiger partial charge on any atom is -0.369 e. The summed E-state index contributed by atoms with van der Waals surface area (Å²) in [5.41, 5.74) is 0.905. The third kappa shape index (κ3) is 2.26. The van der Waals surface area contributed by atoms with E-state index in [1.165, 1.54) is 0 Å². The Morgan fingerprint density at radius 3 is 2.25 bits per heavy atom. The van der Waals surface area contributed by atoms with Gasteiger partial charge in [0.1, 0.15) is 0 Å². The predicted octanol–water partition coefficient (Wildman–Crippen LogP) is 3.73. The Labute approximate surface area is 105 Å². The molecule has 1 aliphatic heterocycles. The van der Waals surface area contributed by atoms with E-state index in [1.54, 1.807) is 0 Å². The summed E-state index contributed by atoms with van der Waals surface area (Å²) in [6, 6.07) is 7.85. The van der Waals surface area contributed by atoms with Crippen LogP contribution in [0.25, 0.3) is 0 Å². The van der Waals surface area contributed by atoms with Crippen molar-refractivity contribution in [3.05, 3.63) is 28.2 Å². The van der Waals surface area contributed by atoms with E-state index >= 15 is 0 Å². The minimum atomic E-state index is 0.178. The lowest BCUT2D eigenvalue weighted by molar-refractivity contribution is 0.488. The summed E-state index contributed by atoms with van der Waals surface area (Å²) in [5, 5.41) is 10.2. The van der Waals surface area contributed by atoms with Crippen LogP contribution < -0.4 is 4.90 Å². The SMILES string of the molecule is N#CC1CCN(c2c(Cl)cccc2Cl)CC1. The van der Waals surface area contributed by atoms with Crippen LogP contribution in [0.4, 0.5) is 5.69 Å². The Kier molecular flexibility index (Phi) is 3.58. The van der Waals surface area contributed by atoms with Crippen LogP contribution in [0.3, 0.4) is 0 Å². The molecular formula is C12H12Cl2N2. The van der Waals surface area contributed by atoms with Gasteiger partial charge < -0.3 is 4.90 Å². The fourth-order valence-corrected chi connectivity index (χ4v) is 2.66. The van der Waals surface area contributed by atoms with Gasteiger partial charge >= 0.3 is 0 Å². The summed E-state index contributed by atoms with van der Waals surface area (Å²) < 4.78 is 0. The van der Waals surface area contributed by atoms with Crippen molar-refractivity contribution in [2.45, 2.75) is 12.8 Å². The largest absolute Gasteiger partial charge is 0.369 e. The summed E-state index contributed by atoms with van der Waals surface area (Å²) in [6.07, 6.45) is 1.77. The lowest BCUT2D eigenvalue weighted by atomic mass is 9.98. The number of hydrogen-bond donors (Lipinski definition) is 0. The summed E-state index contributed by atoms with van der Waals surface area (Å²) in [5.74, 6) is 0.178.